The van der Waals surface area contributed by atoms with Crippen molar-refractivity contribution < 1.29 is 0 Å². The molecule has 2 aliphatic rings. The highest BCUT2D eigenvalue weighted by Gasteiger charge is 2.28. The third-order valence-corrected chi connectivity index (χ3v) is 3.83. The molecule has 0 heteroatoms. The summed E-state index contributed by atoms with van der Waals surface area (Å²) < 4.78 is 0. The van der Waals surface area contributed by atoms with E-state index in [1.54, 1.807) is 5.57 Å². The van der Waals surface area contributed by atoms with Crippen LogP contribution in [0.4, 0.5) is 0 Å². The van der Waals surface area contributed by atoms with Gasteiger partial charge in [-0.15, -0.1) is 0 Å². The molecule has 0 bridgehead atoms. The molecule has 2 atom stereocenters. The molecule has 0 amide bonds. The fourth-order valence-electron chi connectivity index (χ4n) is 2.84. The summed E-state index contributed by atoms with van der Waals surface area (Å²) >= 11 is 0. The molecule has 2 aliphatic carbocycles. The van der Waals surface area contributed by atoms with E-state index in [0.717, 1.165) is 11.8 Å². The molecule has 0 aromatic carbocycles. The van der Waals surface area contributed by atoms with Gasteiger partial charge in [-0.2, -0.15) is 0 Å². The summed E-state index contributed by atoms with van der Waals surface area (Å²) in [6.45, 7) is 2.32. The van der Waals surface area contributed by atoms with Crippen molar-refractivity contribution in [3.05, 3.63) is 11.6 Å². The maximum Gasteiger partial charge on any atom is -0.0202 e. The highest BCUT2D eigenvalue weighted by Crippen LogP contribution is 2.40. The van der Waals surface area contributed by atoms with Crippen LogP contribution in [0.15, 0.2) is 11.6 Å². The average molecular weight is 178 g/mol. The lowest BCUT2D eigenvalue weighted by molar-refractivity contribution is 0.209. The van der Waals surface area contributed by atoms with E-state index in [9.17, 15) is 0 Å². The molecule has 0 aromatic heterocycles. The summed E-state index contributed by atoms with van der Waals surface area (Å²) in [5.41, 5.74) is 1.78. The highest BCUT2D eigenvalue weighted by atomic mass is 14.3. The Morgan fingerprint density at radius 2 is 2.00 bits per heavy atom. The quantitative estimate of drug-likeness (QED) is 0.565. The van der Waals surface area contributed by atoms with Gasteiger partial charge < -0.3 is 0 Å². The Morgan fingerprint density at radius 1 is 1.23 bits per heavy atom. The Bertz CT molecular complexity index is 182. The Hall–Kier alpha value is -0.260. The van der Waals surface area contributed by atoms with Crippen molar-refractivity contribution >= 4 is 0 Å². The molecule has 0 spiro atoms. The minimum Gasteiger partial charge on any atom is -0.0819 e. The van der Waals surface area contributed by atoms with Gasteiger partial charge in [0.05, 0.1) is 0 Å². The first kappa shape index (κ1) is 9.30. The lowest BCUT2D eigenvalue weighted by Crippen LogP contribution is -2.24. The molecule has 13 heavy (non-hydrogen) atoms. The molecule has 0 heterocycles. The number of hydrogen-bond acceptors (Lipinski definition) is 0. The molecule has 2 rings (SSSR count). The van der Waals surface area contributed by atoms with Crippen molar-refractivity contribution in [2.24, 2.45) is 11.8 Å². The SMILES string of the molecule is CCCC1CCC1C=C1CCCC1. The van der Waals surface area contributed by atoms with Crippen molar-refractivity contribution in [3.8, 4) is 0 Å². The molecule has 0 N–H and O–H groups in total. The molecule has 2 fully saturated rings. The van der Waals surface area contributed by atoms with Crippen LogP contribution < -0.4 is 0 Å². The smallest absolute Gasteiger partial charge is 0.0202 e. The van der Waals surface area contributed by atoms with Gasteiger partial charge in [-0.25, -0.2) is 0 Å². The zero-order valence-corrected chi connectivity index (χ0v) is 8.89. The Labute approximate surface area is 82.4 Å². The fraction of sp³-hybridized carbons (Fsp3) is 0.846. The van der Waals surface area contributed by atoms with E-state index in [2.05, 4.69) is 13.0 Å². The van der Waals surface area contributed by atoms with E-state index in [4.69, 9.17) is 0 Å². The number of hydrogen-bond donors (Lipinski definition) is 0. The summed E-state index contributed by atoms with van der Waals surface area (Å²) in [6.07, 6.45) is 14.2. The van der Waals surface area contributed by atoms with Crippen LogP contribution in [0.3, 0.4) is 0 Å². The largest absolute Gasteiger partial charge is 0.0819 e. The van der Waals surface area contributed by atoms with E-state index in [-0.39, 0.29) is 0 Å². The molecule has 74 valence electrons. The van der Waals surface area contributed by atoms with Crippen LogP contribution in [0.2, 0.25) is 0 Å². The second-order valence-electron chi connectivity index (χ2n) is 4.82. The summed E-state index contributed by atoms with van der Waals surface area (Å²) in [4.78, 5) is 0. The Kier molecular flexibility index (Phi) is 3.08. The van der Waals surface area contributed by atoms with E-state index >= 15 is 0 Å². The van der Waals surface area contributed by atoms with Crippen LogP contribution in [0, 0.1) is 11.8 Å². The average Bonchev–Trinajstić information content (AvgIpc) is 2.61. The van der Waals surface area contributed by atoms with Gasteiger partial charge in [0.15, 0.2) is 0 Å². The first-order chi connectivity index (χ1) is 6.40. The second-order valence-corrected chi connectivity index (χ2v) is 4.82. The van der Waals surface area contributed by atoms with Crippen molar-refractivity contribution in [1.29, 1.82) is 0 Å². The number of rotatable bonds is 3. The van der Waals surface area contributed by atoms with Crippen LogP contribution in [0.25, 0.3) is 0 Å². The lowest BCUT2D eigenvalue weighted by Gasteiger charge is -2.35. The predicted octanol–water partition coefficient (Wildman–Crippen LogP) is 4.31. The van der Waals surface area contributed by atoms with Gasteiger partial charge in [0, 0.05) is 0 Å². The first-order valence-electron chi connectivity index (χ1n) is 6.09. The lowest BCUT2D eigenvalue weighted by atomic mass is 9.71. The van der Waals surface area contributed by atoms with Crippen molar-refractivity contribution in [2.45, 2.75) is 58.3 Å². The van der Waals surface area contributed by atoms with E-state index < -0.39 is 0 Å². The fourth-order valence-corrected chi connectivity index (χ4v) is 2.84. The molecule has 0 radical (unpaired) electrons. The maximum atomic E-state index is 2.64. The van der Waals surface area contributed by atoms with E-state index in [1.165, 1.54) is 51.4 Å². The molecular formula is C13H22. The molecule has 2 saturated carbocycles. The van der Waals surface area contributed by atoms with Crippen LogP contribution in [-0.4, -0.2) is 0 Å². The predicted molar refractivity (Wildman–Crippen MR) is 57.7 cm³/mol. The zero-order valence-electron chi connectivity index (χ0n) is 8.89. The number of allylic oxidation sites excluding steroid dienone is 2. The van der Waals surface area contributed by atoms with Crippen LogP contribution >= 0.6 is 0 Å². The van der Waals surface area contributed by atoms with Gasteiger partial charge in [-0.1, -0.05) is 31.4 Å². The second kappa shape index (κ2) is 4.30. The van der Waals surface area contributed by atoms with Gasteiger partial charge in [-0.3, -0.25) is 0 Å². The molecule has 0 nitrogen and oxygen atoms in total. The monoisotopic (exact) mass is 178 g/mol. The minimum atomic E-state index is 0.980. The van der Waals surface area contributed by atoms with Crippen molar-refractivity contribution in [3.63, 3.8) is 0 Å². The minimum absolute atomic E-state index is 0.980. The van der Waals surface area contributed by atoms with Gasteiger partial charge in [0.2, 0.25) is 0 Å². The molecule has 2 unspecified atom stereocenters. The van der Waals surface area contributed by atoms with Crippen LogP contribution in [0.5, 0.6) is 0 Å². The van der Waals surface area contributed by atoms with Gasteiger partial charge in [0.25, 0.3) is 0 Å². The normalized spacial score (nSPS) is 33.2. The summed E-state index contributed by atoms with van der Waals surface area (Å²) in [5.74, 6) is 2.03. The topological polar surface area (TPSA) is 0 Å². The highest BCUT2D eigenvalue weighted by molar-refractivity contribution is 5.10. The van der Waals surface area contributed by atoms with Crippen LogP contribution in [0.1, 0.15) is 58.3 Å². The summed E-state index contributed by atoms with van der Waals surface area (Å²) in [5, 5.41) is 0. The molecular weight excluding hydrogens is 156 g/mol. The summed E-state index contributed by atoms with van der Waals surface area (Å²) in [7, 11) is 0. The van der Waals surface area contributed by atoms with Crippen molar-refractivity contribution in [2.75, 3.05) is 0 Å². The third-order valence-electron chi connectivity index (χ3n) is 3.83. The van der Waals surface area contributed by atoms with Crippen molar-refractivity contribution in [1.82, 2.24) is 0 Å². The van der Waals surface area contributed by atoms with Gasteiger partial charge >= 0.3 is 0 Å². The van der Waals surface area contributed by atoms with E-state index in [1.807, 2.05) is 0 Å². The zero-order chi connectivity index (χ0) is 9.10. The maximum absolute atomic E-state index is 2.64. The summed E-state index contributed by atoms with van der Waals surface area (Å²) in [6, 6.07) is 0. The Morgan fingerprint density at radius 3 is 2.54 bits per heavy atom. The molecule has 0 aromatic rings. The first-order valence-corrected chi connectivity index (χ1v) is 6.09. The van der Waals surface area contributed by atoms with E-state index in [0.29, 0.717) is 0 Å². The third kappa shape index (κ3) is 2.15. The molecule has 0 aliphatic heterocycles. The molecule has 0 saturated heterocycles. The van der Waals surface area contributed by atoms with Gasteiger partial charge in [-0.05, 0) is 50.4 Å². The standard InChI is InChI=1S/C13H22/c1-2-5-12-8-9-13(12)10-11-6-3-4-7-11/h10,12-13H,2-9H2,1H3. The van der Waals surface area contributed by atoms with Gasteiger partial charge in [0.1, 0.15) is 0 Å². The van der Waals surface area contributed by atoms with Crippen LogP contribution in [-0.2, 0) is 0 Å². The Balaban J connectivity index is 1.83.